The second-order valence-corrected chi connectivity index (χ2v) is 5.32. The molecule has 2 heterocycles. The summed E-state index contributed by atoms with van der Waals surface area (Å²) in [6, 6.07) is 19.2. The molecule has 4 heteroatoms. The molecule has 1 aliphatic rings. The van der Waals surface area contributed by atoms with Crippen molar-refractivity contribution in [2.75, 3.05) is 6.61 Å². The van der Waals surface area contributed by atoms with Gasteiger partial charge in [0.15, 0.2) is 6.23 Å². The van der Waals surface area contributed by atoms with Gasteiger partial charge in [-0.15, -0.1) is 0 Å². The number of aromatic nitrogens is 1. The van der Waals surface area contributed by atoms with Crippen molar-refractivity contribution in [1.82, 2.24) is 4.57 Å². The number of pyridine rings is 1. The fraction of sp³-hybridized carbons (Fsp3) is 0.167. The van der Waals surface area contributed by atoms with E-state index < -0.39 is 0 Å². The molecule has 0 aliphatic carbocycles. The summed E-state index contributed by atoms with van der Waals surface area (Å²) in [5.74, 6) is 0.747. The number of hydrogen-bond donors (Lipinski definition) is 0. The van der Waals surface area contributed by atoms with E-state index in [1.807, 2.05) is 54.6 Å². The highest BCUT2D eigenvalue weighted by Gasteiger charge is 2.27. The zero-order valence-electron chi connectivity index (χ0n) is 11.9. The van der Waals surface area contributed by atoms with Crippen molar-refractivity contribution < 1.29 is 9.47 Å². The van der Waals surface area contributed by atoms with Crippen LogP contribution in [0, 0.1) is 0 Å². The van der Waals surface area contributed by atoms with Gasteiger partial charge in [-0.2, -0.15) is 0 Å². The molecule has 1 saturated heterocycles. The third kappa shape index (κ3) is 2.49. The summed E-state index contributed by atoms with van der Waals surface area (Å²) >= 11 is 0. The molecule has 4 nitrogen and oxygen atoms in total. The van der Waals surface area contributed by atoms with Gasteiger partial charge in [0, 0.05) is 12.1 Å². The maximum atomic E-state index is 12.0. The quantitative estimate of drug-likeness (QED) is 0.694. The van der Waals surface area contributed by atoms with Crippen LogP contribution in [-0.4, -0.2) is 11.2 Å². The fourth-order valence-corrected chi connectivity index (χ4v) is 2.55. The molecular weight excluding hydrogens is 278 g/mol. The summed E-state index contributed by atoms with van der Waals surface area (Å²) < 4.78 is 12.8. The van der Waals surface area contributed by atoms with Crippen molar-refractivity contribution in [3.05, 3.63) is 76.6 Å². The van der Waals surface area contributed by atoms with Gasteiger partial charge in [-0.1, -0.05) is 30.3 Å². The van der Waals surface area contributed by atoms with Crippen LogP contribution in [0.15, 0.2) is 65.5 Å². The Hall–Kier alpha value is -2.59. The zero-order valence-corrected chi connectivity index (χ0v) is 11.9. The maximum Gasteiger partial charge on any atom is 0.253 e. The Morgan fingerprint density at radius 1 is 1.09 bits per heavy atom. The molecule has 3 aromatic rings. The summed E-state index contributed by atoms with van der Waals surface area (Å²) in [5, 5.41) is 1.00. The molecule has 0 radical (unpaired) electrons. The molecule has 2 aromatic carbocycles. The van der Waals surface area contributed by atoms with Crippen LogP contribution in [-0.2, 0) is 11.3 Å². The first-order chi connectivity index (χ1) is 10.8. The second-order valence-electron chi connectivity index (χ2n) is 5.32. The first-order valence-electron chi connectivity index (χ1n) is 7.25. The van der Waals surface area contributed by atoms with Gasteiger partial charge in [-0.05, 0) is 29.1 Å². The second kappa shape index (κ2) is 5.31. The van der Waals surface area contributed by atoms with Crippen molar-refractivity contribution >= 4 is 10.9 Å². The molecule has 0 spiro atoms. The molecule has 0 amide bonds. The summed E-state index contributed by atoms with van der Waals surface area (Å²) in [5.41, 5.74) is 1.91. The lowest BCUT2D eigenvalue weighted by Crippen LogP contribution is -2.18. The molecule has 1 aromatic heterocycles. The Balaban J connectivity index is 1.67. The first kappa shape index (κ1) is 13.1. The highest BCUT2D eigenvalue weighted by molar-refractivity contribution is 5.80. The van der Waals surface area contributed by atoms with Crippen LogP contribution < -0.4 is 10.3 Å². The Morgan fingerprint density at radius 2 is 1.86 bits per heavy atom. The van der Waals surface area contributed by atoms with Crippen molar-refractivity contribution in [3.8, 4) is 5.75 Å². The van der Waals surface area contributed by atoms with Crippen molar-refractivity contribution in [1.29, 1.82) is 0 Å². The van der Waals surface area contributed by atoms with Crippen LogP contribution in [0.4, 0.5) is 0 Å². The van der Waals surface area contributed by atoms with Crippen LogP contribution in [0.25, 0.3) is 10.9 Å². The van der Waals surface area contributed by atoms with Gasteiger partial charge in [-0.25, -0.2) is 0 Å². The minimum atomic E-state index is -0.138. The molecule has 110 valence electrons. The average molecular weight is 293 g/mol. The molecule has 22 heavy (non-hydrogen) atoms. The van der Waals surface area contributed by atoms with E-state index in [0.29, 0.717) is 13.2 Å². The monoisotopic (exact) mass is 293 g/mol. The molecule has 1 unspecified atom stereocenters. The average Bonchev–Trinajstić information content (AvgIpc) is 3.38. The molecule has 0 N–H and O–H groups in total. The van der Waals surface area contributed by atoms with Gasteiger partial charge >= 0.3 is 0 Å². The lowest BCUT2D eigenvalue weighted by atomic mass is 10.2. The van der Waals surface area contributed by atoms with E-state index in [-0.39, 0.29) is 11.8 Å². The Labute approximate surface area is 127 Å². The molecule has 1 atom stereocenters. The van der Waals surface area contributed by atoms with E-state index in [1.165, 1.54) is 0 Å². The summed E-state index contributed by atoms with van der Waals surface area (Å²) in [4.78, 5) is 12.0. The van der Waals surface area contributed by atoms with Gasteiger partial charge in [-0.3, -0.25) is 9.36 Å². The van der Waals surface area contributed by atoms with Gasteiger partial charge in [0.2, 0.25) is 0 Å². The molecule has 0 saturated carbocycles. The summed E-state index contributed by atoms with van der Waals surface area (Å²) in [6.45, 7) is 1.09. The van der Waals surface area contributed by atoms with Crippen LogP contribution in [0.5, 0.6) is 5.75 Å². The van der Waals surface area contributed by atoms with Gasteiger partial charge < -0.3 is 9.47 Å². The maximum absolute atomic E-state index is 12.0. The Kier molecular flexibility index (Phi) is 3.16. The third-order valence-corrected chi connectivity index (χ3v) is 3.76. The number of epoxide rings is 1. The van der Waals surface area contributed by atoms with Crippen LogP contribution >= 0.6 is 0 Å². The minimum Gasteiger partial charge on any atom is -0.489 e. The number of rotatable bonds is 4. The van der Waals surface area contributed by atoms with E-state index in [9.17, 15) is 4.79 Å². The predicted molar refractivity (Wildman–Crippen MR) is 84.0 cm³/mol. The predicted octanol–water partition coefficient (Wildman–Crippen LogP) is 3.11. The molecule has 4 rings (SSSR count). The lowest BCUT2D eigenvalue weighted by Gasteiger charge is -2.10. The zero-order chi connectivity index (χ0) is 14.9. The smallest absolute Gasteiger partial charge is 0.253 e. The SMILES string of the molecule is O=c1ccc2ccc(OCc3ccccc3)cc2n1C1CO1. The topological polar surface area (TPSA) is 43.8 Å². The largest absolute Gasteiger partial charge is 0.489 e. The number of benzene rings is 2. The van der Waals surface area contributed by atoms with Crippen LogP contribution in [0.1, 0.15) is 11.8 Å². The Morgan fingerprint density at radius 3 is 2.64 bits per heavy atom. The van der Waals surface area contributed by atoms with E-state index in [0.717, 1.165) is 22.2 Å². The number of hydrogen-bond acceptors (Lipinski definition) is 3. The highest BCUT2D eigenvalue weighted by atomic mass is 16.6. The summed E-state index contributed by atoms with van der Waals surface area (Å²) in [7, 11) is 0. The normalized spacial score (nSPS) is 16.6. The van der Waals surface area contributed by atoms with Gasteiger partial charge in [0.05, 0.1) is 12.1 Å². The van der Waals surface area contributed by atoms with Crippen LogP contribution in [0.2, 0.25) is 0 Å². The third-order valence-electron chi connectivity index (χ3n) is 3.76. The number of fused-ring (bicyclic) bond motifs is 1. The van der Waals surface area contributed by atoms with Crippen molar-refractivity contribution in [3.63, 3.8) is 0 Å². The highest BCUT2D eigenvalue weighted by Crippen LogP contribution is 2.28. The Bertz CT molecular complexity index is 866. The molecule has 0 bridgehead atoms. The molecule has 1 aliphatic heterocycles. The van der Waals surface area contributed by atoms with Gasteiger partial charge in [0.25, 0.3) is 5.56 Å². The van der Waals surface area contributed by atoms with E-state index in [1.54, 1.807) is 10.6 Å². The standard InChI is InChI=1S/C18H15NO3/c20-17-9-7-14-6-8-15(10-16(14)19(17)18-12-22-18)21-11-13-4-2-1-3-5-13/h1-10,18H,11-12H2. The minimum absolute atomic E-state index is 0.0461. The van der Waals surface area contributed by atoms with E-state index in [4.69, 9.17) is 9.47 Å². The fourth-order valence-electron chi connectivity index (χ4n) is 2.55. The van der Waals surface area contributed by atoms with Crippen LogP contribution in [0.3, 0.4) is 0 Å². The van der Waals surface area contributed by atoms with E-state index in [2.05, 4.69) is 0 Å². The number of ether oxygens (including phenoxy) is 2. The lowest BCUT2D eigenvalue weighted by molar-refractivity contribution is 0.306. The summed E-state index contributed by atoms with van der Waals surface area (Å²) in [6.07, 6.45) is -0.138. The van der Waals surface area contributed by atoms with E-state index >= 15 is 0 Å². The van der Waals surface area contributed by atoms with Crippen molar-refractivity contribution in [2.24, 2.45) is 0 Å². The molecule has 1 fully saturated rings. The van der Waals surface area contributed by atoms with Crippen molar-refractivity contribution in [2.45, 2.75) is 12.8 Å². The molecular formula is C18H15NO3. The van der Waals surface area contributed by atoms with Gasteiger partial charge in [0.1, 0.15) is 12.4 Å². The number of nitrogens with zero attached hydrogens (tertiary/aromatic N) is 1. The first-order valence-corrected chi connectivity index (χ1v) is 7.25.